The van der Waals surface area contributed by atoms with E-state index in [0.717, 1.165) is 6.42 Å². The average molecular weight is 238 g/mol. The highest BCUT2D eigenvalue weighted by atomic mass is 16.5. The van der Waals surface area contributed by atoms with Crippen molar-refractivity contribution in [1.29, 1.82) is 0 Å². The summed E-state index contributed by atoms with van der Waals surface area (Å²) in [5.41, 5.74) is 1.20. The van der Waals surface area contributed by atoms with Crippen molar-refractivity contribution in [3.8, 4) is 0 Å². The highest BCUT2D eigenvalue weighted by Gasteiger charge is 2.00. The summed E-state index contributed by atoms with van der Waals surface area (Å²) in [7, 11) is 0. The Hall–Kier alpha value is -0.900. The lowest BCUT2D eigenvalue weighted by molar-refractivity contribution is 0.0277. The normalized spacial score (nSPS) is 12.6. The Bertz CT molecular complexity index is 274. The van der Waals surface area contributed by atoms with Gasteiger partial charge in [-0.2, -0.15) is 0 Å². The number of aliphatic hydroxyl groups excluding tert-OH is 1. The van der Waals surface area contributed by atoms with Crippen molar-refractivity contribution in [3.63, 3.8) is 0 Å². The number of benzene rings is 1. The van der Waals surface area contributed by atoms with E-state index in [1.807, 2.05) is 25.1 Å². The van der Waals surface area contributed by atoms with Crippen LogP contribution in [0.15, 0.2) is 30.3 Å². The molecule has 1 unspecified atom stereocenters. The fourth-order valence-corrected chi connectivity index (χ4v) is 1.47. The first-order valence-corrected chi connectivity index (χ1v) is 6.17. The van der Waals surface area contributed by atoms with Crippen molar-refractivity contribution in [2.75, 3.05) is 19.8 Å². The molecule has 1 N–H and O–H groups in total. The Morgan fingerprint density at radius 1 is 1.18 bits per heavy atom. The summed E-state index contributed by atoms with van der Waals surface area (Å²) in [6.45, 7) is 4.22. The maximum atomic E-state index is 8.70. The highest BCUT2D eigenvalue weighted by Crippen LogP contribution is 2.01. The molecule has 0 saturated carbocycles. The minimum Gasteiger partial charge on any atom is -0.396 e. The fourth-order valence-electron chi connectivity index (χ4n) is 1.47. The molecule has 0 spiro atoms. The molecule has 1 aromatic carbocycles. The predicted molar refractivity (Wildman–Crippen MR) is 67.8 cm³/mol. The van der Waals surface area contributed by atoms with E-state index in [0.29, 0.717) is 26.2 Å². The lowest BCUT2D eigenvalue weighted by Crippen LogP contribution is -2.12. The monoisotopic (exact) mass is 238 g/mol. The Balaban J connectivity index is 1.95. The molecule has 3 nitrogen and oxygen atoms in total. The van der Waals surface area contributed by atoms with Gasteiger partial charge in [-0.15, -0.1) is 0 Å². The quantitative estimate of drug-likeness (QED) is 0.671. The second-order valence-corrected chi connectivity index (χ2v) is 4.09. The largest absolute Gasteiger partial charge is 0.396 e. The van der Waals surface area contributed by atoms with Crippen molar-refractivity contribution in [2.24, 2.45) is 0 Å². The first kappa shape index (κ1) is 14.2. The Kier molecular flexibility index (Phi) is 7.63. The molecule has 0 aliphatic heterocycles. The van der Waals surface area contributed by atoms with Crippen LogP contribution in [0.2, 0.25) is 0 Å². The summed E-state index contributed by atoms with van der Waals surface area (Å²) in [6, 6.07) is 10.1. The fraction of sp³-hybridized carbons (Fsp3) is 0.571. The van der Waals surface area contributed by atoms with Crippen LogP contribution in [-0.4, -0.2) is 31.0 Å². The van der Waals surface area contributed by atoms with Gasteiger partial charge in [0, 0.05) is 19.8 Å². The molecule has 1 atom stereocenters. The molecule has 3 heteroatoms. The van der Waals surface area contributed by atoms with E-state index in [1.165, 1.54) is 5.56 Å². The summed E-state index contributed by atoms with van der Waals surface area (Å²) >= 11 is 0. The minimum atomic E-state index is 0.133. The van der Waals surface area contributed by atoms with Crippen LogP contribution in [0.5, 0.6) is 0 Å². The Morgan fingerprint density at radius 3 is 2.65 bits per heavy atom. The summed E-state index contributed by atoms with van der Waals surface area (Å²) in [4.78, 5) is 0. The zero-order valence-corrected chi connectivity index (χ0v) is 10.5. The van der Waals surface area contributed by atoms with Gasteiger partial charge in [-0.3, -0.25) is 0 Å². The van der Waals surface area contributed by atoms with Gasteiger partial charge in [0.25, 0.3) is 0 Å². The van der Waals surface area contributed by atoms with Crippen molar-refractivity contribution in [3.05, 3.63) is 35.9 Å². The van der Waals surface area contributed by atoms with Gasteiger partial charge in [0.15, 0.2) is 0 Å². The van der Waals surface area contributed by atoms with E-state index >= 15 is 0 Å². The first-order chi connectivity index (χ1) is 8.33. The molecule has 0 aliphatic rings. The lowest BCUT2D eigenvalue weighted by atomic mass is 10.2. The van der Waals surface area contributed by atoms with Crippen LogP contribution in [0, 0.1) is 0 Å². The molecule has 0 aliphatic carbocycles. The second kappa shape index (κ2) is 9.16. The topological polar surface area (TPSA) is 38.7 Å². The van der Waals surface area contributed by atoms with Crippen LogP contribution in [0.4, 0.5) is 0 Å². The average Bonchev–Trinajstić information content (AvgIpc) is 2.35. The van der Waals surface area contributed by atoms with Crippen LogP contribution in [0.3, 0.4) is 0 Å². The molecular formula is C14H22O3. The maximum Gasteiger partial charge on any atom is 0.0716 e. The van der Waals surface area contributed by atoms with Gasteiger partial charge >= 0.3 is 0 Å². The third-order valence-corrected chi connectivity index (χ3v) is 2.48. The van der Waals surface area contributed by atoms with Crippen molar-refractivity contribution in [2.45, 2.75) is 32.5 Å². The maximum absolute atomic E-state index is 8.70. The van der Waals surface area contributed by atoms with Gasteiger partial charge in [-0.25, -0.2) is 0 Å². The Labute approximate surface area is 103 Å². The van der Waals surface area contributed by atoms with Gasteiger partial charge in [0.1, 0.15) is 0 Å². The molecule has 96 valence electrons. The standard InChI is InChI=1S/C14H22O3/c1-13(8-9-15)17-11-5-10-16-12-14-6-3-2-4-7-14/h2-4,6-7,13,15H,5,8-12H2,1H3. The van der Waals surface area contributed by atoms with E-state index in [-0.39, 0.29) is 12.7 Å². The third-order valence-electron chi connectivity index (χ3n) is 2.48. The van der Waals surface area contributed by atoms with Gasteiger partial charge < -0.3 is 14.6 Å². The van der Waals surface area contributed by atoms with Crippen molar-refractivity contribution < 1.29 is 14.6 Å². The SMILES string of the molecule is CC(CCO)OCCCOCc1ccccc1. The van der Waals surface area contributed by atoms with Crippen molar-refractivity contribution >= 4 is 0 Å². The Morgan fingerprint density at radius 2 is 1.94 bits per heavy atom. The first-order valence-electron chi connectivity index (χ1n) is 6.17. The van der Waals surface area contributed by atoms with E-state index in [4.69, 9.17) is 14.6 Å². The van der Waals surface area contributed by atoms with Gasteiger partial charge in [0.05, 0.1) is 12.7 Å². The van der Waals surface area contributed by atoms with Gasteiger partial charge in [-0.05, 0) is 25.3 Å². The zero-order valence-electron chi connectivity index (χ0n) is 10.5. The van der Waals surface area contributed by atoms with Crippen LogP contribution >= 0.6 is 0 Å². The molecule has 0 saturated heterocycles. The number of ether oxygens (including phenoxy) is 2. The van der Waals surface area contributed by atoms with E-state index < -0.39 is 0 Å². The number of hydrogen-bond acceptors (Lipinski definition) is 3. The third kappa shape index (κ3) is 7.10. The van der Waals surface area contributed by atoms with Crippen LogP contribution in [-0.2, 0) is 16.1 Å². The van der Waals surface area contributed by atoms with E-state index in [2.05, 4.69) is 12.1 Å². The van der Waals surface area contributed by atoms with Gasteiger partial charge in [0.2, 0.25) is 0 Å². The summed E-state index contributed by atoms with van der Waals surface area (Å²) in [5, 5.41) is 8.70. The van der Waals surface area contributed by atoms with Crippen LogP contribution in [0.1, 0.15) is 25.3 Å². The molecule has 0 heterocycles. The molecule has 0 aromatic heterocycles. The summed E-state index contributed by atoms with van der Waals surface area (Å²) in [5.74, 6) is 0. The zero-order chi connectivity index (χ0) is 12.3. The molecule has 0 fully saturated rings. The molecule has 1 rings (SSSR count). The van der Waals surface area contributed by atoms with E-state index in [1.54, 1.807) is 0 Å². The molecule has 1 aromatic rings. The molecule has 17 heavy (non-hydrogen) atoms. The van der Waals surface area contributed by atoms with Gasteiger partial charge in [-0.1, -0.05) is 30.3 Å². The summed E-state index contributed by atoms with van der Waals surface area (Å²) in [6.07, 6.45) is 1.72. The molecule has 0 amide bonds. The number of hydrogen-bond donors (Lipinski definition) is 1. The van der Waals surface area contributed by atoms with Crippen LogP contribution < -0.4 is 0 Å². The second-order valence-electron chi connectivity index (χ2n) is 4.09. The minimum absolute atomic E-state index is 0.133. The highest BCUT2D eigenvalue weighted by molar-refractivity contribution is 5.13. The summed E-state index contributed by atoms with van der Waals surface area (Å²) < 4.78 is 11.0. The molecule has 0 radical (unpaired) electrons. The molecular weight excluding hydrogens is 216 g/mol. The van der Waals surface area contributed by atoms with Crippen molar-refractivity contribution in [1.82, 2.24) is 0 Å². The lowest BCUT2D eigenvalue weighted by Gasteiger charge is -2.11. The molecule has 0 bridgehead atoms. The number of rotatable bonds is 9. The predicted octanol–water partition coefficient (Wildman–Crippen LogP) is 2.38. The smallest absolute Gasteiger partial charge is 0.0716 e. The number of aliphatic hydroxyl groups is 1. The van der Waals surface area contributed by atoms with E-state index in [9.17, 15) is 0 Å². The van der Waals surface area contributed by atoms with Crippen LogP contribution in [0.25, 0.3) is 0 Å².